The minimum Gasteiger partial charge on any atom is -0.394 e. The fraction of sp³-hybridized carbons (Fsp3) is 0.385. The van der Waals surface area contributed by atoms with Gasteiger partial charge in [0.05, 0.1) is 18.2 Å². The van der Waals surface area contributed by atoms with Gasteiger partial charge in [0.25, 0.3) is 0 Å². The Labute approximate surface area is 114 Å². The molecule has 2 rings (SSSR count). The molecule has 0 amide bonds. The molecule has 108 valence electrons. The Morgan fingerprint density at radius 3 is 2.65 bits per heavy atom. The van der Waals surface area contributed by atoms with Crippen LogP contribution >= 0.6 is 0 Å². The van der Waals surface area contributed by atoms with Crippen molar-refractivity contribution in [2.75, 3.05) is 17.7 Å². The van der Waals surface area contributed by atoms with Crippen LogP contribution in [0.3, 0.4) is 0 Å². The first-order valence-corrected chi connectivity index (χ1v) is 6.34. The van der Waals surface area contributed by atoms with E-state index in [4.69, 9.17) is 5.73 Å². The van der Waals surface area contributed by atoms with Gasteiger partial charge in [0, 0.05) is 11.5 Å². The number of aromatic nitrogens is 2. The second-order valence-electron chi connectivity index (χ2n) is 4.53. The average Bonchev–Trinajstić information content (AvgIpc) is 2.40. The first-order chi connectivity index (χ1) is 9.55. The Morgan fingerprint density at radius 1 is 1.30 bits per heavy atom. The molecule has 2 aromatic rings. The van der Waals surface area contributed by atoms with E-state index in [2.05, 4.69) is 15.3 Å². The summed E-state index contributed by atoms with van der Waals surface area (Å²) in [7, 11) is 0. The highest BCUT2D eigenvalue weighted by atomic mass is 19.2. The van der Waals surface area contributed by atoms with Gasteiger partial charge in [-0.1, -0.05) is 13.3 Å². The summed E-state index contributed by atoms with van der Waals surface area (Å²) in [6.07, 6.45) is 1.57. The number of nitrogen functional groups attached to an aromatic ring is 1. The van der Waals surface area contributed by atoms with E-state index in [1.54, 1.807) is 0 Å². The average molecular weight is 282 g/mol. The predicted molar refractivity (Wildman–Crippen MR) is 73.3 cm³/mol. The van der Waals surface area contributed by atoms with E-state index in [-0.39, 0.29) is 24.1 Å². The van der Waals surface area contributed by atoms with Crippen LogP contribution in [0.5, 0.6) is 0 Å². The summed E-state index contributed by atoms with van der Waals surface area (Å²) in [4.78, 5) is 7.87. The van der Waals surface area contributed by atoms with Gasteiger partial charge in [0.15, 0.2) is 11.6 Å². The van der Waals surface area contributed by atoms with Gasteiger partial charge in [-0.3, -0.25) is 0 Å². The van der Waals surface area contributed by atoms with Crippen molar-refractivity contribution in [3.63, 3.8) is 0 Å². The molecule has 0 saturated carbocycles. The van der Waals surface area contributed by atoms with Crippen LogP contribution in [0.15, 0.2) is 12.1 Å². The number of hydrogen-bond acceptors (Lipinski definition) is 5. The second-order valence-corrected chi connectivity index (χ2v) is 4.53. The first kappa shape index (κ1) is 14.4. The molecule has 5 nitrogen and oxygen atoms in total. The molecule has 0 fully saturated rings. The number of fused-ring (bicyclic) bond motifs is 1. The molecule has 7 heteroatoms. The van der Waals surface area contributed by atoms with E-state index in [9.17, 15) is 13.9 Å². The molecule has 1 aromatic heterocycles. The quantitative estimate of drug-likeness (QED) is 0.781. The maximum atomic E-state index is 13.4. The number of nitrogens with two attached hydrogens (primary N) is 1. The number of hydrogen-bond donors (Lipinski definition) is 3. The fourth-order valence-corrected chi connectivity index (χ4v) is 2.00. The summed E-state index contributed by atoms with van der Waals surface area (Å²) in [5.74, 6) is -1.73. The molecule has 0 saturated heterocycles. The molecule has 0 bridgehead atoms. The van der Waals surface area contributed by atoms with Crippen molar-refractivity contribution in [3.8, 4) is 0 Å². The van der Waals surface area contributed by atoms with Crippen LogP contribution in [0.4, 0.5) is 20.5 Å². The Bertz CT molecular complexity index is 621. The van der Waals surface area contributed by atoms with Crippen molar-refractivity contribution in [2.45, 2.75) is 25.8 Å². The van der Waals surface area contributed by atoms with Gasteiger partial charge in [0.2, 0.25) is 5.95 Å². The van der Waals surface area contributed by atoms with Crippen molar-refractivity contribution in [3.05, 3.63) is 23.8 Å². The number of nitrogens with one attached hydrogen (secondary N) is 1. The van der Waals surface area contributed by atoms with Crippen LogP contribution in [0.25, 0.3) is 10.9 Å². The van der Waals surface area contributed by atoms with E-state index in [0.29, 0.717) is 17.6 Å². The Hall–Kier alpha value is -2.02. The number of benzene rings is 1. The number of rotatable bonds is 5. The molecule has 0 aliphatic rings. The van der Waals surface area contributed by atoms with Crippen LogP contribution in [0.1, 0.15) is 19.8 Å². The number of halogens is 2. The zero-order chi connectivity index (χ0) is 14.7. The molecular weight excluding hydrogens is 266 g/mol. The molecule has 20 heavy (non-hydrogen) atoms. The van der Waals surface area contributed by atoms with Gasteiger partial charge < -0.3 is 16.2 Å². The third-order valence-electron chi connectivity index (χ3n) is 2.95. The zero-order valence-corrected chi connectivity index (χ0v) is 11.0. The highest BCUT2D eigenvalue weighted by molar-refractivity contribution is 5.90. The van der Waals surface area contributed by atoms with E-state index < -0.39 is 11.6 Å². The summed E-state index contributed by atoms with van der Waals surface area (Å²) >= 11 is 0. The van der Waals surface area contributed by atoms with Gasteiger partial charge in [0.1, 0.15) is 5.82 Å². The van der Waals surface area contributed by atoms with E-state index in [0.717, 1.165) is 18.6 Å². The lowest BCUT2D eigenvalue weighted by atomic mass is 10.1. The zero-order valence-electron chi connectivity index (χ0n) is 11.0. The van der Waals surface area contributed by atoms with E-state index in [1.807, 2.05) is 6.92 Å². The highest BCUT2D eigenvalue weighted by Crippen LogP contribution is 2.24. The second kappa shape index (κ2) is 5.96. The van der Waals surface area contributed by atoms with Gasteiger partial charge in [-0.15, -0.1) is 0 Å². The lowest BCUT2D eigenvalue weighted by Crippen LogP contribution is -2.24. The molecule has 0 aliphatic heterocycles. The Kier molecular flexibility index (Phi) is 4.29. The van der Waals surface area contributed by atoms with Gasteiger partial charge in [-0.2, -0.15) is 4.98 Å². The normalized spacial score (nSPS) is 12.6. The molecule has 0 aliphatic carbocycles. The number of aliphatic hydroxyl groups is 1. The molecular formula is C13H16F2N4O. The molecule has 0 radical (unpaired) electrons. The van der Waals surface area contributed by atoms with Crippen molar-refractivity contribution < 1.29 is 13.9 Å². The van der Waals surface area contributed by atoms with E-state index in [1.165, 1.54) is 0 Å². The lowest BCUT2D eigenvalue weighted by molar-refractivity contribution is 0.268. The third-order valence-corrected chi connectivity index (χ3v) is 2.95. The highest BCUT2D eigenvalue weighted by Gasteiger charge is 2.14. The summed E-state index contributed by atoms with van der Waals surface area (Å²) in [6, 6.07) is 1.76. The van der Waals surface area contributed by atoms with Crippen LogP contribution < -0.4 is 11.1 Å². The number of nitrogens with zero attached hydrogens (tertiary/aromatic N) is 2. The molecule has 0 spiro atoms. The van der Waals surface area contributed by atoms with Crippen LogP contribution in [0.2, 0.25) is 0 Å². The van der Waals surface area contributed by atoms with Gasteiger partial charge >= 0.3 is 0 Å². The summed E-state index contributed by atoms with van der Waals surface area (Å²) in [6.45, 7) is 1.88. The summed E-state index contributed by atoms with van der Waals surface area (Å²) < 4.78 is 26.6. The largest absolute Gasteiger partial charge is 0.394 e. The molecule has 1 aromatic carbocycles. The SMILES string of the molecule is CCC[C@@H](CO)Nc1nc(N)nc2cc(F)c(F)cc12. The molecule has 4 N–H and O–H groups in total. The number of anilines is 2. The van der Waals surface area contributed by atoms with Crippen LogP contribution in [-0.4, -0.2) is 27.7 Å². The standard InChI is InChI=1S/C13H16F2N4O/c1-2-3-7(6-20)17-12-8-4-9(14)10(15)5-11(8)18-13(16)19-12/h4-5,7,20H,2-3,6H2,1H3,(H3,16,17,18,19)/t7-/m0/s1. The van der Waals surface area contributed by atoms with Crippen molar-refractivity contribution >= 4 is 22.7 Å². The van der Waals surface area contributed by atoms with E-state index >= 15 is 0 Å². The van der Waals surface area contributed by atoms with Crippen molar-refractivity contribution in [1.82, 2.24) is 9.97 Å². The van der Waals surface area contributed by atoms with Crippen LogP contribution in [-0.2, 0) is 0 Å². The Morgan fingerprint density at radius 2 is 2.00 bits per heavy atom. The smallest absolute Gasteiger partial charge is 0.222 e. The monoisotopic (exact) mass is 282 g/mol. The summed E-state index contributed by atoms with van der Waals surface area (Å²) in [5.41, 5.74) is 5.78. The van der Waals surface area contributed by atoms with Crippen molar-refractivity contribution in [2.24, 2.45) is 0 Å². The topological polar surface area (TPSA) is 84.1 Å². The van der Waals surface area contributed by atoms with Crippen molar-refractivity contribution in [1.29, 1.82) is 0 Å². The van der Waals surface area contributed by atoms with Gasteiger partial charge in [-0.05, 0) is 12.5 Å². The minimum atomic E-state index is -0.992. The molecule has 1 heterocycles. The Balaban J connectivity index is 2.48. The number of aliphatic hydroxyl groups excluding tert-OH is 1. The van der Waals surface area contributed by atoms with Crippen LogP contribution in [0, 0.1) is 11.6 Å². The molecule has 0 unspecified atom stereocenters. The van der Waals surface area contributed by atoms with Gasteiger partial charge in [-0.25, -0.2) is 13.8 Å². The lowest BCUT2D eigenvalue weighted by Gasteiger charge is -2.17. The maximum Gasteiger partial charge on any atom is 0.222 e. The predicted octanol–water partition coefficient (Wildman–Crippen LogP) is 2.06. The first-order valence-electron chi connectivity index (χ1n) is 6.34. The molecule has 1 atom stereocenters. The fourth-order valence-electron chi connectivity index (χ4n) is 2.00. The summed E-state index contributed by atoms with van der Waals surface area (Å²) in [5, 5.41) is 12.6. The minimum absolute atomic E-state index is 0.0424. The third kappa shape index (κ3) is 2.93. The maximum absolute atomic E-state index is 13.4.